The van der Waals surface area contributed by atoms with E-state index in [1.807, 2.05) is 38.4 Å². The van der Waals surface area contributed by atoms with Gasteiger partial charge in [0, 0.05) is 19.7 Å². The van der Waals surface area contributed by atoms with Gasteiger partial charge in [-0.15, -0.1) is 5.10 Å². The van der Waals surface area contributed by atoms with Crippen molar-refractivity contribution in [1.82, 2.24) is 15.0 Å². The summed E-state index contributed by atoms with van der Waals surface area (Å²) in [5, 5.41) is 7.96. The number of aromatic nitrogens is 3. The molecule has 2 rings (SSSR count). The van der Waals surface area contributed by atoms with Gasteiger partial charge in [-0.1, -0.05) is 30.1 Å². The Morgan fingerprint density at radius 3 is 2.83 bits per heavy atom. The van der Waals surface area contributed by atoms with Crippen molar-refractivity contribution in [3.05, 3.63) is 35.7 Å². The summed E-state index contributed by atoms with van der Waals surface area (Å²) < 4.78 is 13.0. The average Bonchev–Trinajstić information content (AvgIpc) is 2.98. The minimum atomic E-state index is -0.230. The van der Waals surface area contributed by atoms with Crippen LogP contribution in [0, 0.1) is 0 Å². The molecule has 24 heavy (non-hydrogen) atoms. The van der Waals surface area contributed by atoms with E-state index in [2.05, 4.69) is 18.2 Å². The number of ether oxygens (including phenoxy) is 2. The minimum Gasteiger partial charge on any atom is -0.490 e. The highest BCUT2D eigenvalue weighted by atomic mass is 16.6. The maximum Gasteiger partial charge on any atom is 0.311 e. The lowest BCUT2D eigenvalue weighted by Crippen LogP contribution is -2.09. The predicted octanol–water partition coefficient (Wildman–Crippen LogP) is 1.67. The largest absolute Gasteiger partial charge is 0.490 e. The molecule has 1 heterocycles. The molecule has 0 aliphatic rings. The SMILES string of the molecule is BCc1ccc(OC(=O)CCC)c(OCCCc2cn(C)nn2)c1. The van der Waals surface area contributed by atoms with E-state index in [0.29, 0.717) is 24.5 Å². The van der Waals surface area contributed by atoms with Crippen LogP contribution in [0.2, 0.25) is 0 Å². The lowest BCUT2D eigenvalue weighted by Gasteiger charge is -2.13. The molecule has 0 saturated heterocycles. The van der Waals surface area contributed by atoms with Crippen molar-refractivity contribution in [2.75, 3.05) is 6.61 Å². The number of nitrogens with zero attached hydrogens (tertiary/aromatic N) is 3. The molecule has 0 amide bonds. The Labute approximate surface area is 143 Å². The Morgan fingerprint density at radius 2 is 2.17 bits per heavy atom. The highest BCUT2D eigenvalue weighted by molar-refractivity contribution is 6.08. The first-order valence-electron chi connectivity index (χ1n) is 8.44. The summed E-state index contributed by atoms with van der Waals surface area (Å²) in [5.41, 5.74) is 2.09. The Morgan fingerprint density at radius 1 is 1.33 bits per heavy atom. The van der Waals surface area contributed by atoms with E-state index in [4.69, 9.17) is 9.47 Å². The number of benzene rings is 1. The zero-order valence-corrected chi connectivity index (χ0v) is 14.6. The van der Waals surface area contributed by atoms with Gasteiger partial charge in [0.05, 0.1) is 12.3 Å². The molecule has 1 aromatic carbocycles. The van der Waals surface area contributed by atoms with Gasteiger partial charge in [-0.25, -0.2) is 0 Å². The van der Waals surface area contributed by atoms with E-state index in [9.17, 15) is 4.79 Å². The number of hydrogen-bond acceptors (Lipinski definition) is 5. The molecular formula is C17H24BN3O3. The summed E-state index contributed by atoms with van der Waals surface area (Å²) in [6, 6.07) is 5.71. The third kappa shape index (κ3) is 5.40. The Bertz CT molecular complexity index is 673. The maximum absolute atomic E-state index is 11.7. The quantitative estimate of drug-likeness (QED) is 0.303. The van der Waals surface area contributed by atoms with Crippen molar-refractivity contribution in [2.24, 2.45) is 7.05 Å². The van der Waals surface area contributed by atoms with Crippen LogP contribution in [0.1, 0.15) is 37.4 Å². The van der Waals surface area contributed by atoms with Crippen LogP contribution < -0.4 is 9.47 Å². The molecule has 0 N–H and O–H groups in total. The van der Waals surface area contributed by atoms with Crippen LogP contribution in [0.5, 0.6) is 11.5 Å². The van der Waals surface area contributed by atoms with Gasteiger partial charge in [-0.2, -0.15) is 0 Å². The van der Waals surface area contributed by atoms with Crippen LogP contribution in [0.3, 0.4) is 0 Å². The lowest BCUT2D eigenvalue weighted by atomic mass is 9.97. The molecule has 0 aliphatic carbocycles. The second-order valence-corrected chi connectivity index (χ2v) is 5.69. The molecule has 0 bridgehead atoms. The summed E-state index contributed by atoms with van der Waals surface area (Å²) in [6.07, 6.45) is 5.58. The summed E-state index contributed by atoms with van der Waals surface area (Å²) in [7, 11) is 3.93. The van der Waals surface area contributed by atoms with Gasteiger partial charge in [0.15, 0.2) is 11.5 Å². The minimum absolute atomic E-state index is 0.230. The molecule has 1 aromatic heterocycles. The summed E-state index contributed by atoms with van der Waals surface area (Å²) >= 11 is 0. The summed E-state index contributed by atoms with van der Waals surface area (Å²) in [6.45, 7) is 2.48. The molecule has 0 unspecified atom stereocenters. The topological polar surface area (TPSA) is 66.2 Å². The Hall–Kier alpha value is -2.31. The van der Waals surface area contributed by atoms with Crippen molar-refractivity contribution in [1.29, 1.82) is 0 Å². The van der Waals surface area contributed by atoms with Gasteiger partial charge in [-0.3, -0.25) is 9.48 Å². The fourth-order valence-electron chi connectivity index (χ4n) is 2.29. The highest BCUT2D eigenvalue weighted by Gasteiger charge is 2.11. The fraction of sp³-hybridized carbons (Fsp3) is 0.471. The molecule has 0 fully saturated rings. The van der Waals surface area contributed by atoms with Gasteiger partial charge in [0.2, 0.25) is 0 Å². The normalized spacial score (nSPS) is 10.6. The van der Waals surface area contributed by atoms with Crippen LogP contribution in [0.4, 0.5) is 0 Å². The highest BCUT2D eigenvalue weighted by Crippen LogP contribution is 2.29. The van der Waals surface area contributed by atoms with Gasteiger partial charge in [0.25, 0.3) is 0 Å². The third-order valence-corrected chi connectivity index (χ3v) is 3.58. The van der Waals surface area contributed by atoms with Crippen molar-refractivity contribution < 1.29 is 14.3 Å². The fourth-order valence-corrected chi connectivity index (χ4v) is 2.29. The van der Waals surface area contributed by atoms with E-state index in [1.165, 1.54) is 0 Å². The van der Waals surface area contributed by atoms with Gasteiger partial charge >= 0.3 is 5.97 Å². The monoisotopic (exact) mass is 329 g/mol. The number of aryl methyl sites for hydroxylation is 2. The third-order valence-electron chi connectivity index (χ3n) is 3.58. The van der Waals surface area contributed by atoms with Crippen LogP contribution in [0.25, 0.3) is 0 Å². The standard InChI is InChI=1S/C17H24BN3O3/c1-3-5-17(22)24-15-8-7-13(11-18)10-16(15)23-9-4-6-14-12-21(2)20-19-14/h7-8,10,12H,3-6,9,11,18H2,1-2H3. The van der Waals surface area contributed by atoms with Crippen LogP contribution >= 0.6 is 0 Å². The second-order valence-electron chi connectivity index (χ2n) is 5.69. The van der Waals surface area contributed by atoms with E-state index in [0.717, 1.165) is 36.8 Å². The first-order valence-corrected chi connectivity index (χ1v) is 8.44. The van der Waals surface area contributed by atoms with Gasteiger partial charge in [0.1, 0.15) is 7.85 Å². The van der Waals surface area contributed by atoms with Crippen molar-refractivity contribution in [2.45, 2.75) is 38.9 Å². The number of carbonyl (C=O) groups is 1. The number of esters is 1. The summed E-state index contributed by atoms with van der Waals surface area (Å²) in [4.78, 5) is 11.7. The predicted molar refractivity (Wildman–Crippen MR) is 94.1 cm³/mol. The maximum atomic E-state index is 11.7. The first kappa shape index (κ1) is 18.0. The number of rotatable bonds is 9. The molecular weight excluding hydrogens is 305 g/mol. The molecule has 0 aliphatic heterocycles. The molecule has 128 valence electrons. The summed E-state index contributed by atoms with van der Waals surface area (Å²) in [5.74, 6) is 0.884. The van der Waals surface area contributed by atoms with E-state index >= 15 is 0 Å². The van der Waals surface area contributed by atoms with Crippen LogP contribution in [-0.2, 0) is 24.6 Å². The smallest absolute Gasteiger partial charge is 0.311 e. The molecule has 7 heteroatoms. The Kier molecular flexibility index (Phi) is 6.84. The zero-order valence-electron chi connectivity index (χ0n) is 14.6. The number of carbonyl (C=O) groups excluding carboxylic acids is 1. The number of hydrogen-bond donors (Lipinski definition) is 0. The first-order chi connectivity index (χ1) is 11.6. The molecule has 0 saturated carbocycles. The second kappa shape index (κ2) is 9.10. The molecule has 0 spiro atoms. The Balaban J connectivity index is 1.94. The van der Waals surface area contributed by atoms with Crippen molar-refractivity contribution in [3.63, 3.8) is 0 Å². The van der Waals surface area contributed by atoms with E-state index in [1.54, 1.807) is 4.68 Å². The van der Waals surface area contributed by atoms with Gasteiger partial charge < -0.3 is 9.47 Å². The molecule has 0 radical (unpaired) electrons. The lowest BCUT2D eigenvalue weighted by molar-refractivity contribution is -0.134. The molecule has 6 nitrogen and oxygen atoms in total. The van der Waals surface area contributed by atoms with Crippen molar-refractivity contribution >= 4 is 13.8 Å². The van der Waals surface area contributed by atoms with Crippen molar-refractivity contribution in [3.8, 4) is 11.5 Å². The zero-order chi connectivity index (χ0) is 17.4. The van der Waals surface area contributed by atoms with E-state index in [-0.39, 0.29) is 5.97 Å². The van der Waals surface area contributed by atoms with Gasteiger partial charge in [-0.05, 0) is 31.4 Å². The average molecular weight is 329 g/mol. The van der Waals surface area contributed by atoms with E-state index < -0.39 is 0 Å². The van der Waals surface area contributed by atoms with Crippen LogP contribution in [0.15, 0.2) is 24.4 Å². The molecule has 0 atom stereocenters. The molecule has 2 aromatic rings. The van der Waals surface area contributed by atoms with Crippen LogP contribution in [-0.4, -0.2) is 35.4 Å².